The molecule has 1 saturated heterocycles. The van der Waals surface area contributed by atoms with E-state index >= 15 is 0 Å². The summed E-state index contributed by atoms with van der Waals surface area (Å²) in [7, 11) is -3.56. The van der Waals surface area contributed by atoms with Crippen LogP contribution in [0.1, 0.15) is 9.67 Å². The Morgan fingerprint density at radius 2 is 1.69 bits per heavy atom. The molecule has 7 nitrogen and oxygen atoms in total. The van der Waals surface area contributed by atoms with Crippen LogP contribution in [0.25, 0.3) is 0 Å². The first-order valence-electron chi connectivity index (χ1n) is 8.02. The Hall–Kier alpha value is -2.23. The molecule has 0 spiro atoms. The van der Waals surface area contributed by atoms with Crippen molar-refractivity contribution in [2.24, 2.45) is 0 Å². The molecule has 2 heterocycles. The summed E-state index contributed by atoms with van der Waals surface area (Å²) in [6, 6.07) is 11.6. The predicted octanol–water partition coefficient (Wildman–Crippen LogP) is 1.44. The Bertz CT molecular complexity index is 858. The average Bonchev–Trinajstić information content (AvgIpc) is 3.21. The van der Waals surface area contributed by atoms with Gasteiger partial charge in [0.1, 0.15) is 4.88 Å². The standard InChI is InChI=1S/C17H18N2O5S2/c20-16(13-24-17(21)15-7-4-12-25-15)18-8-10-19(11-9-18)26(22,23)14-5-2-1-3-6-14/h1-7,12H,8-11,13H2. The van der Waals surface area contributed by atoms with Gasteiger partial charge in [-0.1, -0.05) is 24.3 Å². The first-order chi connectivity index (χ1) is 12.5. The highest BCUT2D eigenvalue weighted by Gasteiger charge is 2.30. The summed E-state index contributed by atoms with van der Waals surface area (Å²) in [6.45, 7) is 0.606. The number of ether oxygens (including phenoxy) is 1. The number of hydrogen-bond donors (Lipinski definition) is 0. The SMILES string of the molecule is O=C(OCC(=O)N1CCN(S(=O)(=O)c2ccccc2)CC1)c1cccs1. The van der Waals surface area contributed by atoms with Gasteiger partial charge in [-0.15, -0.1) is 11.3 Å². The van der Waals surface area contributed by atoms with Crippen molar-refractivity contribution in [2.45, 2.75) is 4.90 Å². The molecule has 0 radical (unpaired) electrons. The summed E-state index contributed by atoms with van der Waals surface area (Å²) in [5, 5.41) is 1.75. The van der Waals surface area contributed by atoms with Crippen molar-refractivity contribution in [3.63, 3.8) is 0 Å². The molecule has 0 saturated carbocycles. The van der Waals surface area contributed by atoms with E-state index in [0.717, 1.165) is 0 Å². The van der Waals surface area contributed by atoms with Gasteiger partial charge in [0.05, 0.1) is 4.90 Å². The maximum absolute atomic E-state index is 12.6. The van der Waals surface area contributed by atoms with E-state index in [1.165, 1.54) is 20.5 Å². The third-order valence-electron chi connectivity index (χ3n) is 4.02. The fourth-order valence-corrected chi connectivity index (χ4v) is 4.66. The third kappa shape index (κ3) is 4.12. The molecule has 26 heavy (non-hydrogen) atoms. The number of carbonyl (C=O) groups excluding carboxylic acids is 2. The molecule has 138 valence electrons. The zero-order valence-corrected chi connectivity index (χ0v) is 15.5. The molecule has 3 rings (SSSR count). The topological polar surface area (TPSA) is 84.0 Å². The first-order valence-corrected chi connectivity index (χ1v) is 10.3. The second kappa shape index (κ2) is 7.98. The third-order valence-corrected chi connectivity index (χ3v) is 6.78. The molecule has 0 atom stereocenters. The van der Waals surface area contributed by atoms with Crippen LogP contribution in [-0.2, 0) is 19.6 Å². The monoisotopic (exact) mass is 394 g/mol. The molecule has 9 heteroatoms. The molecular weight excluding hydrogens is 376 g/mol. The van der Waals surface area contributed by atoms with Gasteiger partial charge in [0.15, 0.2) is 6.61 Å². The summed E-state index contributed by atoms with van der Waals surface area (Å²) >= 11 is 1.25. The summed E-state index contributed by atoms with van der Waals surface area (Å²) in [5.41, 5.74) is 0. The van der Waals surface area contributed by atoms with E-state index in [0.29, 0.717) is 4.88 Å². The molecule has 0 aliphatic carbocycles. The maximum atomic E-state index is 12.6. The lowest BCUT2D eigenvalue weighted by atomic mass is 10.3. The fourth-order valence-electron chi connectivity index (χ4n) is 2.60. The minimum atomic E-state index is -3.56. The second-order valence-corrected chi connectivity index (χ2v) is 8.54. The Kier molecular flexibility index (Phi) is 5.70. The number of hydrogen-bond acceptors (Lipinski definition) is 6. The lowest BCUT2D eigenvalue weighted by molar-refractivity contribution is -0.135. The fraction of sp³-hybridized carbons (Fsp3) is 0.294. The molecule has 1 aromatic heterocycles. The number of piperazine rings is 1. The summed E-state index contributed by atoms with van der Waals surface area (Å²) < 4.78 is 31.5. The van der Waals surface area contributed by atoms with Crippen molar-refractivity contribution in [3.05, 3.63) is 52.7 Å². The molecule has 0 bridgehead atoms. The number of carbonyl (C=O) groups is 2. The maximum Gasteiger partial charge on any atom is 0.348 e. The van der Waals surface area contributed by atoms with E-state index < -0.39 is 16.0 Å². The van der Waals surface area contributed by atoms with E-state index in [9.17, 15) is 18.0 Å². The summed E-state index contributed by atoms with van der Waals surface area (Å²) in [4.78, 5) is 26.1. The summed E-state index contributed by atoms with van der Waals surface area (Å²) in [6.07, 6.45) is 0. The van der Waals surface area contributed by atoms with Gasteiger partial charge in [0.2, 0.25) is 10.0 Å². The van der Waals surface area contributed by atoms with E-state index in [1.54, 1.807) is 47.8 Å². The Morgan fingerprint density at radius 3 is 2.31 bits per heavy atom. The predicted molar refractivity (Wildman–Crippen MR) is 96.4 cm³/mol. The highest BCUT2D eigenvalue weighted by atomic mass is 32.2. The average molecular weight is 394 g/mol. The van der Waals surface area contributed by atoms with Crippen molar-refractivity contribution < 1.29 is 22.7 Å². The number of esters is 1. The van der Waals surface area contributed by atoms with Crippen LogP contribution < -0.4 is 0 Å². The van der Waals surface area contributed by atoms with Crippen LogP contribution in [0, 0.1) is 0 Å². The van der Waals surface area contributed by atoms with E-state index in [1.807, 2.05) is 0 Å². The molecule has 2 aromatic rings. The van der Waals surface area contributed by atoms with Gasteiger partial charge in [0, 0.05) is 26.2 Å². The number of nitrogens with zero attached hydrogens (tertiary/aromatic N) is 2. The highest BCUT2D eigenvalue weighted by Crippen LogP contribution is 2.17. The highest BCUT2D eigenvalue weighted by molar-refractivity contribution is 7.89. The molecular formula is C17H18N2O5S2. The van der Waals surface area contributed by atoms with E-state index in [4.69, 9.17) is 4.74 Å². The van der Waals surface area contributed by atoms with Gasteiger partial charge >= 0.3 is 5.97 Å². The molecule has 1 aliphatic heterocycles. The summed E-state index contributed by atoms with van der Waals surface area (Å²) in [5.74, 6) is -0.856. The van der Waals surface area contributed by atoms with Crippen LogP contribution in [0.15, 0.2) is 52.7 Å². The minimum absolute atomic E-state index is 0.210. The molecule has 1 amide bonds. The van der Waals surface area contributed by atoms with E-state index in [-0.39, 0.29) is 43.6 Å². The Labute approximate surface area is 155 Å². The van der Waals surface area contributed by atoms with E-state index in [2.05, 4.69) is 0 Å². The Morgan fingerprint density at radius 1 is 1.00 bits per heavy atom. The molecule has 0 unspecified atom stereocenters. The van der Waals surface area contributed by atoms with Crippen LogP contribution in [-0.4, -0.2) is 62.3 Å². The van der Waals surface area contributed by atoms with Crippen molar-refractivity contribution in [2.75, 3.05) is 32.8 Å². The van der Waals surface area contributed by atoms with Crippen molar-refractivity contribution in [1.82, 2.24) is 9.21 Å². The van der Waals surface area contributed by atoms with Crippen LogP contribution in [0.2, 0.25) is 0 Å². The van der Waals surface area contributed by atoms with Crippen LogP contribution in [0.4, 0.5) is 0 Å². The van der Waals surface area contributed by atoms with Gasteiger partial charge < -0.3 is 9.64 Å². The molecule has 1 fully saturated rings. The quantitative estimate of drug-likeness (QED) is 0.717. The largest absolute Gasteiger partial charge is 0.451 e. The van der Waals surface area contributed by atoms with Crippen molar-refractivity contribution in [1.29, 1.82) is 0 Å². The minimum Gasteiger partial charge on any atom is -0.451 e. The number of amides is 1. The second-order valence-electron chi connectivity index (χ2n) is 5.65. The number of thiophene rings is 1. The van der Waals surface area contributed by atoms with Gasteiger partial charge in [-0.3, -0.25) is 4.79 Å². The van der Waals surface area contributed by atoms with Gasteiger partial charge in [-0.25, -0.2) is 13.2 Å². The number of rotatable bonds is 5. The zero-order valence-electron chi connectivity index (χ0n) is 13.9. The van der Waals surface area contributed by atoms with Gasteiger partial charge in [-0.05, 0) is 23.6 Å². The lowest BCUT2D eigenvalue weighted by Crippen LogP contribution is -2.51. The molecule has 1 aromatic carbocycles. The number of sulfonamides is 1. The van der Waals surface area contributed by atoms with Crippen LogP contribution in [0.3, 0.4) is 0 Å². The zero-order chi connectivity index (χ0) is 18.6. The smallest absolute Gasteiger partial charge is 0.348 e. The van der Waals surface area contributed by atoms with Crippen LogP contribution >= 0.6 is 11.3 Å². The van der Waals surface area contributed by atoms with Gasteiger partial charge in [0.25, 0.3) is 5.91 Å². The van der Waals surface area contributed by atoms with Crippen LogP contribution in [0.5, 0.6) is 0 Å². The molecule has 0 N–H and O–H groups in total. The molecule has 1 aliphatic rings. The lowest BCUT2D eigenvalue weighted by Gasteiger charge is -2.33. The normalized spacial score (nSPS) is 15.6. The van der Waals surface area contributed by atoms with Crippen molar-refractivity contribution >= 4 is 33.2 Å². The number of benzene rings is 1. The van der Waals surface area contributed by atoms with Crippen molar-refractivity contribution in [3.8, 4) is 0 Å². The Balaban J connectivity index is 1.52. The van der Waals surface area contributed by atoms with Gasteiger partial charge in [-0.2, -0.15) is 4.31 Å². The first kappa shape index (κ1) is 18.6.